The Morgan fingerprint density at radius 3 is 2.85 bits per heavy atom. The molecule has 7 nitrogen and oxygen atoms in total. The summed E-state index contributed by atoms with van der Waals surface area (Å²) in [6.07, 6.45) is 4.36. The normalized spacial score (nSPS) is 12.7. The van der Waals surface area contributed by atoms with Crippen LogP contribution in [0.5, 0.6) is 5.75 Å². The van der Waals surface area contributed by atoms with Gasteiger partial charge in [0.05, 0.1) is 11.4 Å². The van der Waals surface area contributed by atoms with E-state index in [1.54, 1.807) is 29.1 Å². The highest BCUT2D eigenvalue weighted by Crippen LogP contribution is 2.28. The van der Waals surface area contributed by atoms with Gasteiger partial charge in [-0.2, -0.15) is 5.10 Å². The second kappa shape index (κ2) is 7.33. The van der Waals surface area contributed by atoms with Gasteiger partial charge in [-0.3, -0.25) is 9.59 Å². The molecule has 0 aliphatic carbocycles. The standard InChI is InChI=1S/C20H18N4O3/c25-19-13-27-18-12-15(4-7-17(18)23-19)20(26)21-10-8-14-2-5-16(6-3-14)24-11-1-9-22-24/h1-7,9,11-12H,8,10,13H2,(H,21,26)(H,23,25). The molecule has 0 bridgehead atoms. The van der Waals surface area contributed by atoms with Gasteiger partial charge in [-0.05, 0) is 48.4 Å². The minimum atomic E-state index is -0.196. The summed E-state index contributed by atoms with van der Waals surface area (Å²) in [5, 5.41) is 9.81. The highest BCUT2D eigenvalue weighted by atomic mass is 16.5. The number of rotatable bonds is 5. The molecule has 0 saturated heterocycles. The van der Waals surface area contributed by atoms with E-state index in [-0.39, 0.29) is 18.4 Å². The van der Waals surface area contributed by atoms with E-state index in [9.17, 15) is 9.59 Å². The molecule has 0 atom stereocenters. The molecular formula is C20H18N4O3. The van der Waals surface area contributed by atoms with Crippen molar-refractivity contribution in [1.82, 2.24) is 15.1 Å². The van der Waals surface area contributed by atoms with Crippen LogP contribution in [0.15, 0.2) is 60.9 Å². The van der Waals surface area contributed by atoms with Crippen molar-refractivity contribution in [2.24, 2.45) is 0 Å². The summed E-state index contributed by atoms with van der Waals surface area (Å²) in [7, 11) is 0. The van der Waals surface area contributed by atoms with E-state index >= 15 is 0 Å². The maximum atomic E-state index is 12.3. The Bertz CT molecular complexity index is 965. The van der Waals surface area contributed by atoms with Crippen molar-refractivity contribution >= 4 is 17.5 Å². The van der Waals surface area contributed by atoms with Crippen molar-refractivity contribution in [3.05, 3.63) is 72.1 Å². The lowest BCUT2D eigenvalue weighted by molar-refractivity contribution is -0.118. The summed E-state index contributed by atoms with van der Waals surface area (Å²) in [6, 6.07) is 14.9. The van der Waals surface area contributed by atoms with Gasteiger partial charge in [0.1, 0.15) is 5.75 Å². The van der Waals surface area contributed by atoms with Gasteiger partial charge in [-0.25, -0.2) is 4.68 Å². The van der Waals surface area contributed by atoms with Crippen molar-refractivity contribution in [1.29, 1.82) is 0 Å². The number of benzene rings is 2. The molecule has 7 heteroatoms. The molecule has 4 rings (SSSR count). The third-order valence-corrected chi connectivity index (χ3v) is 4.28. The Labute approximate surface area is 156 Å². The first kappa shape index (κ1) is 16.8. The lowest BCUT2D eigenvalue weighted by Gasteiger charge is -2.18. The second-order valence-corrected chi connectivity index (χ2v) is 6.17. The van der Waals surface area contributed by atoms with Crippen LogP contribution < -0.4 is 15.4 Å². The molecular weight excluding hydrogens is 344 g/mol. The molecule has 0 radical (unpaired) electrons. The zero-order valence-electron chi connectivity index (χ0n) is 14.5. The number of carbonyl (C=O) groups is 2. The zero-order chi connectivity index (χ0) is 18.6. The number of ether oxygens (including phenoxy) is 1. The van der Waals surface area contributed by atoms with Crippen molar-refractivity contribution in [2.75, 3.05) is 18.5 Å². The fraction of sp³-hybridized carbons (Fsp3) is 0.150. The first-order valence-electron chi connectivity index (χ1n) is 8.63. The minimum absolute atomic E-state index is 0.0351. The zero-order valence-corrected chi connectivity index (χ0v) is 14.5. The molecule has 3 aromatic rings. The van der Waals surface area contributed by atoms with E-state index in [1.807, 2.05) is 36.5 Å². The number of aromatic nitrogens is 2. The number of nitrogens with zero attached hydrogens (tertiary/aromatic N) is 2. The Hall–Kier alpha value is -3.61. The molecule has 0 fully saturated rings. The number of anilines is 1. The van der Waals surface area contributed by atoms with Crippen LogP contribution in [0.1, 0.15) is 15.9 Å². The van der Waals surface area contributed by atoms with Crippen LogP contribution in [0.3, 0.4) is 0 Å². The summed E-state index contributed by atoms with van der Waals surface area (Å²) in [4.78, 5) is 23.6. The highest BCUT2D eigenvalue weighted by molar-refractivity contribution is 5.98. The fourth-order valence-electron chi connectivity index (χ4n) is 2.88. The van der Waals surface area contributed by atoms with Crippen LogP contribution in [0.2, 0.25) is 0 Å². The lowest BCUT2D eigenvalue weighted by Crippen LogP contribution is -2.27. The maximum absolute atomic E-state index is 12.3. The van der Waals surface area contributed by atoms with Gasteiger partial charge in [0.2, 0.25) is 0 Å². The van der Waals surface area contributed by atoms with Gasteiger partial charge < -0.3 is 15.4 Å². The molecule has 136 valence electrons. The van der Waals surface area contributed by atoms with Crippen LogP contribution in [-0.2, 0) is 11.2 Å². The summed E-state index contributed by atoms with van der Waals surface area (Å²) in [5.74, 6) is 0.140. The minimum Gasteiger partial charge on any atom is -0.482 e. The largest absolute Gasteiger partial charge is 0.482 e. The maximum Gasteiger partial charge on any atom is 0.262 e. The van der Waals surface area contributed by atoms with Crippen LogP contribution in [0.4, 0.5) is 5.69 Å². The monoisotopic (exact) mass is 362 g/mol. The van der Waals surface area contributed by atoms with E-state index in [0.717, 1.165) is 17.7 Å². The Balaban J connectivity index is 1.32. The lowest BCUT2D eigenvalue weighted by atomic mass is 10.1. The topological polar surface area (TPSA) is 85.2 Å². The van der Waals surface area contributed by atoms with Crippen LogP contribution in [-0.4, -0.2) is 34.7 Å². The molecule has 2 N–H and O–H groups in total. The molecule has 1 aromatic heterocycles. The Morgan fingerprint density at radius 2 is 2.07 bits per heavy atom. The Kier molecular flexibility index (Phi) is 4.57. The van der Waals surface area contributed by atoms with Gasteiger partial charge in [0.25, 0.3) is 11.8 Å². The molecule has 1 aliphatic heterocycles. The molecule has 1 aliphatic rings. The number of nitrogens with one attached hydrogen (secondary N) is 2. The molecule has 2 heterocycles. The second-order valence-electron chi connectivity index (χ2n) is 6.17. The van der Waals surface area contributed by atoms with Gasteiger partial charge in [0.15, 0.2) is 6.61 Å². The van der Waals surface area contributed by atoms with Crippen molar-refractivity contribution in [2.45, 2.75) is 6.42 Å². The Morgan fingerprint density at radius 1 is 1.22 bits per heavy atom. The quantitative estimate of drug-likeness (QED) is 0.728. The van der Waals surface area contributed by atoms with Crippen LogP contribution >= 0.6 is 0 Å². The number of fused-ring (bicyclic) bond motifs is 1. The molecule has 27 heavy (non-hydrogen) atoms. The molecule has 0 saturated carbocycles. The van der Waals surface area contributed by atoms with E-state index in [4.69, 9.17) is 4.74 Å². The van der Waals surface area contributed by atoms with E-state index in [0.29, 0.717) is 23.5 Å². The van der Waals surface area contributed by atoms with Gasteiger partial charge in [-0.15, -0.1) is 0 Å². The van der Waals surface area contributed by atoms with Gasteiger partial charge in [0, 0.05) is 24.5 Å². The van der Waals surface area contributed by atoms with Crippen LogP contribution in [0, 0.1) is 0 Å². The first-order valence-corrected chi connectivity index (χ1v) is 8.63. The fourth-order valence-corrected chi connectivity index (χ4v) is 2.88. The number of hydrogen-bond donors (Lipinski definition) is 2. The number of amides is 2. The third kappa shape index (κ3) is 3.82. The van der Waals surface area contributed by atoms with Crippen molar-refractivity contribution in [3.8, 4) is 11.4 Å². The predicted molar refractivity (Wildman–Crippen MR) is 100 cm³/mol. The number of carbonyl (C=O) groups excluding carboxylic acids is 2. The molecule has 0 unspecified atom stereocenters. The summed E-state index contributed by atoms with van der Waals surface area (Å²) in [5.41, 5.74) is 3.20. The van der Waals surface area contributed by atoms with E-state index in [1.165, 1.54) is 0 Å². The van der Waals surface area contributed by atoms with Crippen LogP contribution in [0.25, 0.3) is 5.69 Å². The average molecular weight is 362 g/mol. The third-order valence-electron chi connectivity index (χ3n) is 4.28. The number of hydrogen-bond acceptors (Lipinski definition) is 4. The first-order chi connectivity index (χ1) is 13.2. The summed E-state index contributed by atoms with van der Waals surface area (Å²) >= 11 is 0. The average Bonchev–Trinajstić information content (AvgIpc) is 3.23. The van der Waals surface area contributed by atoms with E-state index < -0.39 is 0 Å². The molecule has 0 spiro atoms. The highest BCUT2D eigenvalue weighted by Gasteiger charge is 2.17. The predicted octanol–water partition coefficient (Wildman–Crippen LogP) is 2.18. The summed E-state index contributed by atoms with van der Waals surface area (Å²) < 4.78 is 7.14. The van der Waals surface area contributed by atoms with E-state index in [2.05, 4.69) is 15.7 Å². The SMILES string of the molecule is O=C1COc2cc(C(=O)NCCc3ccc(-n4cccn4)cc3)ccc2N1. The summed E-state index contributed by atoms with van der Waals surface area (Å²) in [6.45, 7) is 0.487. The van der Waals surface area contributed by atoms with Crippen molar-refractivity contribution in [3.63, 3.8) is 0 Å². The smallest absolute Gasteiger partial charge is 0.262 e. The molecule has 2 aromatic carbocycles. The van der Waals surface area contributed by atoms with Gasteiger partial charge >= 0.3 is 0 Å². The van der Waals surface area contributed by atoms with Crippen molar-refractivity contribution < 1.29 is 14.3 Å². The van der Waals surface area contributed by atoms with Gasteiger partial charge in [-0.1, -0.05) is 12.1 Å². The molecule has 2 amide bonds.